The van der Waals surface area contributed by atoms with Crippen LogP contribution in [0.1, 0.15) is 33.8 Å². The minimum atomic E-state index is -3.26. The Morgan fingerprint density at radius 2 is 1.61 bits per heavy atom. The number of nitriles is 1. The van der Waals surface area contributed by atoms with Crippen LogP contribution in [0.15, 0.2) is 79.0 Å². The zero-order valence-electron chi connectivity index (χ0n) is 18.2. The number of hydrogen-bond acceptors (Lipinski definition) is 4. The Hall–Kier alpha value is -3.73. The molecule has 0 aliphatic rings. The zero-order valence-corrected chi connectivity index (χ0v) is 19.1. The van der Waals surface area contributed by atoms with Crippen LogP contribution in [0.4, 0.5) is 0 Å². The lowest BCUT2D eigenvalue weighted by Gasteiger charge is -2.11. The number of nitrogens with zero attached hydrogens (tertiary/aromatic N) is 2. The molecule has 0 saturated carbocycles. The van der Waals surface area contributed by atoms with Gasteiger partial charge in [-0.3, -0.25) is 0 Å². The van der Waals surface area contributed by atoms with Crippen LogP contribution in [0.3, 0.4) is 0 Å². The van der Waals surface area contributed by atoms with Crippen LogP contribution in [0, 0.1) is 11.3 Å². The molecule has 6 nitrogen and oxygen atoms in total. The van der Waals surface area contributed by atoms with Crippen molar-refractivity contribution in [1.82, 2.24) is 14.7 Å². The van der Waals surface area contributed by atoms with Crippen molar-refractivity contribution in [2.45, 2.75) is 19.4 Å². The highest BCUT2D eigenvalue weighted by molar-refractivity contribution is 7.88. The van der Waals surface area contributed by atoms with E-state index >= 15 is 0 Å². The van der Waals surface area contributed by atoms with Crippen LogP contribution in [-0.4, -0.2) is 24.6 Å². The maximum absolute atomic E-state index is 11.5. The van der Waals surface area contributed by atoms with Crippen molar-refractivity contribution in [1.29, 1.82) is 5.26 Å². The first kappa shape index (κ1) is 22.5. The lowest BCUT2D eigenvalue weighted by Crippen LogP contribution is -2.21. The monoisotopic (exact) mass is 456 g/mol. The van der Waals surface area contributed by atoms with Gasteiger partial charge < -0.3 is 4.98 Å². The van der Waals surface area contributed by atoms with Gasteiger partial charge in [0.1, 0.15) is 5.82 Å². The van der Waals surface area contributed by atoms with Gasteiger partial charge in [-0.05, 0) is 39.9 Å². The predicted octanol–water partition coefficient (Wildman–Crippen LogP) is 4.18. The highest BCUT2D eigenvalue weighted by atomic mass is 32.2. The van der Waals surface area contributed by atoms with E-state index in [4.69, 9.17) is 5.26 Å². The van der Waals surface area contributed by atoms with E-state index in [-0.39, 0.29) is 6.54 Å². The second-order valence-electron chi connectivity index (χ2n) is 7.96. The summed E-state index contributed by atoms with van der Waals surface area (Å²) in [5.74, 6) is 0.893. The number of hydrogen-bond donors (Lipinski definition) is 2. The SMILES string of the molecule is CS(=O)(=O)NCc1ccccc1-c1ccc(Cc2ncc(Cc3ccc(C#N)cc3)[nH]2)cc1. The van der Waals surface area contributed by atoms with Gasteiger partial charge in [-0.15, -0.1) is 0 Å². The van der Waals surface area contributed by atoms with Crippen LogP contribution in [0.5, 0.6) is 0 Å². The fourth-order valence-electron chi connectivity index (χ4n) is 3.66. The van der Waals surface area contributed by atoms with Gasteiger partial charge in [0.15, 0.2) is 0 Å². The van der Waals surface area contributed by atoms with Gasteiger partial charge in [0.05, 0.1) is 17.9 Å². The summed E-state index contributed by atoms with van der Waals surface area (Å²) in [6.45, 7) is 0.255. The smallest absolute Gasteiger partial charge is 0.209 e. The third kappa shape index (κ3) is 6.16. The standard InChI is InChI=1S/C26H24N4O2S/c1-33(31,32)29-17-23-4-2-3-5-25(23)22-12-10-20(11-13-22)15-26-28-18-24(30-26)14-19-6-8-21(16-27)9-7-19/h2-13,18,29H,14-15,17H2,1H3,(H,28,30). The number of sulfonamides is 1. The van der Waals surface area contributed by atoms with Crippen LogP contribution < -0.4 is 4.72 Å². The number of aromatic amines is 1. The van der Waals surface area contributed by atoms with Crippen molar-refractivity contribution in [3.8, 4) is 17.2 Å². The molecule has 0 saturated heterocycles. The van der Waals surface area contributed by atoms with E-state index in [9.17, 15) is 8.42 Å². The molecule has 1 aromatic heterocycles. The first-order valence-corrected chi connectivity index (χ1v) is 12.4. The molecule has 0 radical (unpaired) electrons. The average molecular weight is 457 g/mol. The van der Waals surface area contributed by atoms with Crippen molar-refractivity contribution < 1.29 is 8.42 Å². The topological polar surface area (TPSA) is 98.6 Å². The Bertz CT molecular complexity index is 1380. The number of rotatable bonds is 8. The van der Waals surface area contributed by atoms with Gasteiger partial charge in [-0.2, -0.15) is 5.26 Å². The molecule has 7 heteroatoms. The summed E-state index contributed by atoms with van der Waals surface area (Å²) in [4.78, 5) is 7.89. The van der Waals surface area contributed by atoms with Crippen LogP contribution >= 0.6 is 0 Å². The molecule has 166 valence electrons. The van der Waals surface area contributed by atoms with E-state index in [0.29, 0.717) is 12.0 Å². The zero-order chi connectivity index (χ0) is 23.3. The van der Waals surface area contributed by atoms with E-state index in [1.807, 2.05) is 54.7 Å². The molecule has 33 heavy (non-hydrogen) atoms. The van der Waals surface area contributed by atoms with Crippen LogP contribution in [0.25, 0.3) is 11.1 Å². The van der Waals surface area contributed by atoms with Gasteiger partial charge in [0.25, 0.3) is 0 Å². The molecule has 0 fully saturated rings. The fourth-order valence-corrected chi connectivity index (χ4v) is 4.08. The lowest BCUT2D eigenvalue weighted by atomic mass is 9.98. The number of imidazole rings is 1. The van der Waals surface area contributed by atoms with Gasteiger partial charge >= 0.3 is 0 Å². The number of H-pyrrole nitrogens is 1. The van der Waals surface area contributed by atoms with Gasteiger partial charge in [-0.25, -0.2) is 18.1 Å². The van der Waals surface area contributed by atoms with Crippen LogP contribution in [0.2, 0.25) is 0 Å². The molecule has 0 aliphatic carbocycles. The quantitative estimate of drug-likeness (QED) is 0.415. The molecule has 2 N–H and O–H groups in total. The molecular formula is C26H24N4O2S. The predicted molar refractivity (Wildman–Crippen MR) is 129 cm³/mol. The third-order valence-electron chi connectivity index (χ3n) is 5.34. The molecule has 4 rings (SSSR count). The third-order valence-corrected chi connectivity index (χ3v) is 6.01. The second-order valence-corrected chi connectivity index (χ2v) is 9.80. The molecule has 0 amide bonds. The Morgan fingerprint density at radius 1 is 0.939 bits per heavy atom. The highest BCUT2D eigenvalue weighted by Gasteiger charge is 2.09. The summed E-state index contributed by atoms with van der Waals surface area (Å²) in [5.41, 5.74) is 6.89. The normalized spacial score (nSPS) is 11.3. The Kier molecular flexibility index (Phi) is 6.68. The molecule has 0 spiro atoms. The van der Waals surface area contributed by atoms with E-state index in [0.717, 1.165) is 52.0 Å². The molecule has 0 unspecified atom stereocenters. The Labute approximate surface area is 194 Å². The molecule has 0 bridgehead atoms. The number of benzene rings is 3. The van der Waals surface area contributed by atoms with E-state index in [2.05, 4.69) is 45.0 Å². The van der Waals surface area contributed by atoms with E-state index < -0.39 is 10.0 Å². The van der Waals surface area contributed by atoms with Crippen LogP contribution in [-0.2, 0) is 29.4 Å². The first-order valence-electron chi connectivity index (χ1n) is 10.5. The highest BCUT2D eigenvalue weighted by Crippen LogP contribution is 2.25. The summed E-state index contributed by atoms with van der Waals surface area (Å²) < 4.78 is 25.5. The maximum Gasteiger partial charge on any atom is 0.209 e. The lowest BCUT2D eigenvalue weighted by molar-refractivity contribution is 0.587. The summed E-state index contributed by atoms with van der Waals surface area (Å²) in [6, 6.07) is 25.7. The molecule has 0 atom stereocenters. The number of nitrogens with one attached hydrogen (secondary N) is 2. The van der Waals surface area contributed by atoms with Gasteiger partial charge in [0.2, 0.25) is 10.0 Å². The van der Waals surface area contributed by atoms with Crippen molar-refractivity contribution >= 4 is 10.0 Å². The summed E-state index contributed by atoms with van der Waals surface area (Å²) >= 11 is 0. The minimum absolute atomic E-state index is 0.255. The molecular weight excluding hydrogens is 432 g/mol. The van der Waals surface area contributed by atoms with E-state index in [1.165, 1.54) is 0 Å². The molecule has 4 aromatic rings. The Balaban J connectivity index is 1.43. The fraction of sp³-hybridized carbons (Fsp3) is 0.154. The van der Waals surface area contributed by atoms with Crippen molar-refractivity contribution in [3.05, 3.63) is 113 Å². The summed E-state index contributed by atoms with van der Waals surface area (Å²) in [5, 5.41) is 8.92. The number of aromatic nitrogens is 2. The second kappa shape index (κ2) is 9.82. The molecule has 0 aliphatic heterocycles. The molecule has 3 aromatic carbocycles. The summed E-state index contributed by atoms with van der Waals surface area (Å²) in [7, 11) is -3.26. The van der Waals surface area contributed by atoms with Crippen molar-refractivity contribution in [3.63, 3.8) is 0 Å². The first-order chi connectivity index (χ1) is 15.9. The largest absolute Gasteiger partial charge is 0.345 e. The van der Waals surface area contributed by atoms with Gasteiger partial charge in [-0.1, -0.05) is 60.7 Å². The van der Waals surface area contributed by atoms with E-state index in [1.54, 1.807) is 0 Å². The van der Waals surface area contributed by atoms with Crippen molar-refractivity contribution in [2.75, 3.05) is 6.26 Å². The average Bonchev–Trinajstić information content (AvgIpc) is 3.25. The summed E-state index contributed by atoms with van der Waals surface area (Å²) in [6.07, 6.45) is 4.43. The van der Waals surface area contributed by atoms with Gasteiger partial charge in [0, 0.05) is 31.3 Å². The maximum atomic E-state index is 11.5. The minimum Gasteiger partial charge on any atom is -0.345 e. The van der Waals surface area contributed by atoms with Crippen molar-refractivity contribution in [2.24, 2.45) is 0 Å². The Morgan fingerprint density at radius 3 is 2.30 bits per heavy atom. The molecule has 1 heterocycles.